The number of aromatic nitrogens is 8. The van der Waals surface area contributed by atoms with Crippen LogP contribution in [0.2, 0.25) is 0 Å². The van der Waals surface area contributed by atoms with Crippen molar-refractivity contribution >= 4 is 44.1 Å². The van der Waals surface area contributed by atoms with Gasteiger partial charge in [-0.25, -0.2) is 36.5 Å². The number of hydrogen-bond acceptors (Lipinski definition) is 0. The number of nitrogens with zero attached hydrogens (tertiary/aromatic N) is 8. The number of rotatable bonds is 16. The molecule has 8 nitrogen and oxygen atoms in total. The van der Waals surface area contributed by atoms with Crippen molar-refractivity contribution in [2.75, 3.05) is 0 Å². The topological polar surface area (TPSA) is 35.2 Å². The minimum Gasteiger partial charge on any atom is -0.226 e. The lowest BCUT2D eigenvalue weighted by Gasteiger charge is -2.15. The van der Waals surface area contributed by atoms with Gasteiger partial charge in [0.05, 0.1) is 0 Å². The Morgan fingerprint density at radius 1 is 0.244 bits per heavy atom. The summed E-state index contributed by atoms with van der Waals surface area (Å²) in [7, 11) is 0. The van der Waals surface area contributed by atoms with Crippen molar-refractivity contribution in [1.82, 2.24) is 18.3 Å². The molecule has 0 aliphatic heterocycles. The van der Waals surface area contributed by atoms with Crippen LogP contribution in [0.25, 0.3) is 44.1 Å². The molecular weight excluding hydrogens is 1050 g/mol. The maximum atomic E-state index is 2.59. The zero-order chi connectivity index (χ0) is 59.7. The summed E-state index contributed by atoms with van der Waals surface area (Å²) >= 11 is 0. The fourth-order valence-electron chi connectivity index (χ4n) is 14.6. The molecule has 13 rings (SSSR count). The second-order valence-corrected chi connectivity index (χ2v) is 25.3. The molecule has 0 N–H and O–H groups in total. The van der Waals surface area contributed by atoms with Gasteiger partial charge in [-0.05, 0) is 211 Å². The van der Waals surface area contributed by atoms with Crippen LogP contribution < -0.4 is 18.3 Å². The van der Waals surface area contributed by atoms with Gasteiger partial charge in [0.15, 0.2) is 44.1 Å². The predicted octanol–water partition coefficient (Wildman–Crippen LogP) is 14.7. The lowest BCUT2D eigenvalue weighted by Crippen LogP contribution is -2.39. The molecule has 4 heterocycles. The first-order valence-corrected chi connectivity index (χ1v) is 30.8. The molecule has 86 heavy (non-hydrogen) atoms. The third-order valence-corrected chi connectivity index (χ3v) is 18.7. The maximum Gasteiger partial charge on any atom is 0.245 e. The zero-order valence-corrected chi connectivity index (χ0v) is 52.6. The van der Waals surface area contributed by atoms with Gasteiger partial charge in [-0.1, -0.05) is 119 Å². The number of aryl methyl sites for hydroxylation is 12. The van der Waals surface area contributed by atoms with Gasteiger partial charge in [0, 0.05) is 22.3 Å². The van der Waals surface area contributed by atoms with Crippen LogP contribution in [-0.4, -0.2) is 18.3 Å². The summed E-state index contributed by atoms with van der Waals surface area (Å²) in [6.45, 7) is 33.0. The van der Waals surface area contributed by atoms with Gasteiger partial charge in [-0.2, -0.15) is 0 Å². The van der Waals surface area contributed by atoms with Gasteiger partial charge in [-0.15, -0.1) is 0 Å². The third kappa shape index (κ3) is 10.8. The quantitative estimate of drug-likeness (QED) is 0.0865. The van der Waals surface area contributed by atoms with E-state index >= 15 is 0 Å². The molecule has 430 valence electrons. The number of fused-ring (bicyclic) bond motifs is 4. The Morgan fingerprint density at radius 3 is 0.628 bits per heavy atom. The fraction of sp³-hybridized carbons (Fsp3) is 0.256. The van der Waals surface area contributed by atoms with Gasteiger partial charge in [0.25, 0.3) is 0 Å². The maximum absolute atomic E-state index is 2.59. The number of hydrogen-bond donors (Lipinski definition) is 0. The molecule has 0 saturated carbocycles. The summed E-state index contributed by atoms with van der Waals surface area (Å²) < 4.78 is 19.9. The lowest BCUT2D eigenvalue weighted by molar-refractivity contribution is -0.670. The number of benzene rings is 9. The van der Waals surface area contributed by atoms with E-state index in [2.05, 4.69) is 303 Å². The van der Waals surface area contributed by atoms with Crippen LogP contribution in [0.3, 0.4) is 0 Å². The zero-order valence-electron chi connectivity index (χ0n) is 52.6. The standard InChI is InChI=1S/C78H82N8/c1-51-29-55(5)67(56(6)30-51)43-83-47-79(71-21-13-17-25-75(71)83)39-63-37-65(41-81-49-85(77-27-19-15-23-73(77)81)45-69-59(9)33-53(3)34-60(69)10)66(42-82-50-86(78-28-20-16-24-74(78)82)46-70-61(11)35-54(4)36-62(70)12)38-64(63)40-80-48-84(76-26-18-14-22-72(76)80)44-68-57(7)31-52(2)32-58(68)8/h13-38,47-50H,39-46H2,1-12H3/q+4. The van der Waals surface area contributed by atoms with E-state index in [0.29, 0.717) is 26.2 Å². The van der Waals surface area contributed by atoms with Gasteiger partial charge >= 0.3 is 0 Å². The Morgan fingerprint density at radius 2 is 0.430 bits per heavy atom. The summed E-state index contributed by atoms with van der Waals surface area (Å²) in [4.78, 5) is 0. The molecule has 0 radical (unpaired) electrons. The highest BCUT2D eigenvalue weighted by Gasteiger charge is 2.27. The molecule has 0 spiro atoms. The first-order chi connectivity index (χ1) is 41.5. The van der Waals surface area contributed by atoms with Crippen molar-refractivity contribution in [2.45, 2.75) is 135 Å². The van der Waals surface area contributed by atoms with Crippen LogP contribution in [0.1, 0.15) is 111 Å². The average molecular weight is 1130 g/mol. The number of imidazole rings is 4. The molecule has 0 bridgehead atoms. The highest BCUT2D eigenvalue weighted by Crippen LogP contribution is 2.28. The molecule has 4 aromatic heterocycles. The summed E-state index contributed by atoms with van der Waals surface area (Å²) in [6.07, 6.45) is 9.52. The smallest absolute Gasteiger partial charge is 0.226 e. The van der Waals surface area contributed by atoms with E-state index in [9.17, 15) is 0 Å². The Labute approximate surface area is 507 Å². The fourth-order valence-corrected chi connectivity index (χ4v) is 14.6. The van der Waals surface area contributed by atoms with Crippen molar-refractivity contribution in [2.24, 2.45) is 0 Å². The van der Waals surface area contributed by atoms with E-state index in [1.807, 2.05) is 0 Å². The van der Waals surface area contributed by atoms with E-state index in [0.717, 1.165) is 26.2 Å². The Balaban J connectivity index is 1.00. The van der Waals surface area contributed by atoms with Crippen LogP contribution in [0.5, 0.6) is 0 Å². The number of para-hydroxylation sites is 8. The second-order valence-electron chi connectivity index (χ2n) is 25.3. The van der Waals surface area contributed by atoms with E-state index in [1.165, 1.54) is 155 Å². The largest absolute Gasteiger partial charge is 0.245 e. The van der Waals surface area contributed by atoms with Crippen molar-refractivity contribution in [3.63, 3.8) is 0 Å². The van der Waals surface area contributed by atoms with Crippen molar-refractivity contribution < 1.29 is 18.3 Å². The van der Waals surface area contributed by atoms with Crippen LogP contribution >= 0.6 is 0 Å². The molecule has 0 fully saturated rings. The molecule has 8 heteroatoms. The predicted molar refractivity (Wildman–Crippen MR) is 350 cm³/mol. The van der Waals surface area contributed by atoms with E-state index in [4.69, 9.17) is 0 Å². The second kappa shape index (κ2) is 22.7. The summed E-state index contributed by atoms with van der Waals surface area (Å²) in [5, 5.41) is 0. The monoisotopic (exact) mass is 1130 g/mol. The first-order valence-electron chi connectivity index (χ1n) is 30.8. The summed E-state index contributed by atoms with van der Waals surface area (Å²) in [6, 6.07) is 59.8. The minimum absolute atomic E-state index is 0.697. The molecule has 13 aromatic rings. The van der Waals surface area contributed by atoms with Crippen LogP contribution in [0.15, 0.2) is 183 Å². The van der Waals surface area contributed by atoms with Crippen LogP contribution in [0.4, 0.5) is 0 Å². The van der Waals surface area contributed by atoms with Crippen molar-refractivity contribution in [3.05, 3.63) is 294 Å². The normalized spacial score (nSPS) is 11.9. The SMILES string of the molecule is Cc1cc(C)c(Cn2c[n+](Cc3cc(C[n+]4cn(Cc5c(C)cc(C)cc5C)c5ccccc54)c(C[n+]4cn(Cc5c(C)cc(C)cc5C)c5ccccc54)cc3C[n+]3cn(Cc4c(C)cc(C)cc4C)c4ccccc43)c3ccccc32)c(C)c1. The van der Waals surface area contributed by atoms with Crippen LogP contribution in [0, 0.1) is 83.1 Å². The average Bonchev–Trinajstić information content (AvgIpc) is 2.19. The van der Waals surface area contributed by atoms with Gasteiger partial charge < -0.3 is 0 Å². The Hall–Kier alpha value is -9.14. The van der Waals surface area contributed by atoms with Gasteiger partial charge in [-0.3, -0.25) is 0 Å². The van der Waals surface area contributed by atoms with E-state index in [1.54, 1.807) is 0 Å². The molecule has 0 atom stereocenters. The molecule has 0 amide bonds. The molecule has 0 aliphatic carbocycles. The van der Waals surface area contributed by atoms with Gasteiger partial charge in [0.2, 0.25) is 25.3 Å². The first kappa shape index (κ1) is 56.0. The van der Waals surface area contributed by atoms with Crippen LogP contribution in [-0.2, 0) is 52.4 Å². The van der Waals surface area contributed by atoms with Gasteiger partial charge in [0.1, 0.15) is 52.4 Å². The Bertz CT molecular complexity index is 4110. The lowest BCUT2D eigenvalue weighted by atomic mass is 9.97. The highest BCUT2D eigenvalue weighted by atomic mass is 15.2. The summed E-state index contributed by atoms with van der Waals surface area (Å²) in [5.74, 6) is 0. The van der Waals surface area contributed by atoms with Crippen molar-refractivity contribution in [3.8, 4) is 0 Å². The third-order valence-electron chi connectivity index (χ3n) is 18.7. The van der Waals surface area contributed by atoms with E-state index < -0.39 is 0 Å². The molecular formula is C78H82N8+4. The summed E-state index contributed by atoms with van der Waals surface area (Å²) in [5.41, 5.74) is 36.5. The molecule has 0 unspecified atom stereocenters. The van der Waals surface area contributed by atoms with Crippen molar-refractivity contribution in [1.29, 1.82) is 0 Å². The molecule has 0 saturated heterocycles. The van der Waals surface area contributed by atoms with E-state index in [-0.39, 0.29) is 0 Å². The minimum atomic E-state index is 0.697. The highest BCUT2D eigenvalue weighted by molar-refractivity contribution is 5.74. The Kier molecular flexibility index (Phi) is 14.8. The molecule has 9 aromatic carbocycles. The molecule has 0 aliphatic rings.